The number of nitrogens with zero attached hydrogens (tertiary/aromatic N) is 2. The molecule has 1 aliphatic heterocycles. The van der Waals surface area contributed by atoms with Crippen LogP contribution in [-0.2, 0) is 23.8 Å². The van der Waals surface area contributed by atoms with E-state index in [-0.39, 0.29) is 17.9 Å². The van der Waals surface area contributed by atoms with Gasteiger partial charge in [0.15, 0.2) is 0 Å². The van der Waals surface area contributed by atoms with Crippen LogP contribution in [0.25, 0.3) is 11.1 Å². The highest BCUT2D eigenvalue weighted by atomic mass is 19.4. The zero-order valence-electron chi connectivity index (χ0n) is 21.7. The first-order valence-electron chi connectivity index (χ1n) is 13.1. The molecule has 2 N–H and O–H groups in total. The number of nitrogens with one attached hydrogen (secondary N) is 2. The van der Waals surface area contributed by atoms with Crippen LogP contribution in [0.2, 0.25) is 0 Å². The average molecular weight is 537 g/mol. The van der Waals surface area contributed by atoms with Crippen molar-refractivity contribution >= 4 is 17.5 Å². The maximum atomic E-state index is 13.2. The summed E-state index contributed by atoms with van der Waals surface area (Å²) in [5.41, 5.74) is 3.56. The van der Waals surface area contributed by atoms with Gasteiger partial charge in [-0.3, -0.25) is 14.5 Å². The Bertz CT molecular complexity index is 1350. The fourth-order valence-corrected chi connectivity index (χ4v) is 5.25. The molecule has 204 valence electrons. The van der Waals surface area contributed by atoms with Gasteiger partial charge in [-0.25, -0.2) is 0 Å². The normalized spacial score (nSPS) is 18.0. The number of hydrogen-bond donors (Lipinski definition) is 2. The minimum atomic E-state index is -4.42. The third-order valence-electron chi connectivity index (χ3n) is 7.42. The standard InChI is InChI=1S/C30H31F3N4O2/c1-36-12-14-37(15-13-36)19-28(38)34-25-16-21-8-11-24(17-22(21)18-25)35-29(39)27-5-3-2-4-26(27)20-6-9-23(10-7-20)30(31,32)33/h2-11,17,25H,12-16,18-19H2,1H3,(H,34,38)(H,35,39). The van der Waals surface area contributed by atoms with Crippen LogP contribution in [0.3, 0.4) is 0 Å². The third kappa shape index (κ3) is 6.49. The van der Waals surface area contributed by atoms with Crippen molar-refractivity contribution in [1.29, 1.82) is 0 Å². The molecular weight excluding hydrogens is 505 g/mol. The van der Waals surface area contributed by atoms with Gasteiger partial charge < -0.3 is 15.5 Å². The first-order chi connectivity index (χ1) is 18.7. The summed E-state index contributed by atoms with van der Waals surface area (Å²) in [6, 6.07) is 17.4. The number of rotatable bonds is 6. The van der Waals surface area contributed by atoms with E-state index >= 15 is 0 Å². The van der Waals surface area contributed by atoms with Gasteiger partial charge >= 0.3 is 6.18 Å². The Morgan fingerprint density at radius 1 is 0.897 bits per heavy atom. The number of likely N-dealkylation sites (N-methyl/N-ethyl adjacent to an activating group) is 1. The maximum Gasteiger partial charge on any atom is 0.416 e. The Balaban J connectivity index is 1.22. The van der Waals surface area contributed by atoms with E-state index in [9.17, 15) is 22.8 Å². The highest BCUT2D eigenvalue weighted by Crippen LogP contribution is 2.32. The largest absolute Gasteiger partial charge is 0.416 e. The van der Waals surface area contributed by atoms with Crippen LogP contribution in [0.1, 0.15) is 27.0 Å². The van der Waals surface area contributed by atoms with Crippen LogP contribution in [0, 0.1) is 0 Å². The van der Waals surface area contributed by atoms with Crippen LogP contribution in [0.15, 0.2) is 66.7 Å². The van der Waals surface area contributed by atoms with Gasteiger partial charge in [-0.2, -0.15) is 13.2 Å². The van der Waals surface area contributed by atoms with Crippen LogP contribution in [-0.4, -0.2) is 67.4 Å². The summed E-state index contributed by atoms with van der Waals surface area (Å²) < 4.78 is 38.9. The Labute approximate surface area is 225 Å². The molecular formula is C30H31F3N4O2. The highest BCUT2D eigenvalue weighted by Gasteiger charge is 2.30. The minimum Gasteiger partial charge on any atom is -0.352 e. The summed E-state index contributed by atoms with van der Waals surface area (Å²) in [5.74, 6) is -0.314. The Morgan fingerprint density at radius 2 is 1.59 bits per heavy atom. The predicted molar refractivity (Wildman–Crippen MR) is 145 cm³/mol. The fraction of sp³-hybridized carbons (Fsp3) is 0.333. The second-order valence-electron chi connectivity index (χ2n) is 10.3. The van der Waals surface area contributed by atoms with E-state index in [1.807, 2.05) is 18.2 Å². The summed E-state index contributed by atoms with van der Waals surface area (Å²) >= 11 is 0. The van der Waals surface area contributed by atoms with Gasteiger partial charge in [-0.1, -0.05) is 36.4 Å². The number of carbonyl (C=O) groups is 2. The minimum absolute atomic E-state index is 0.0197. The number of amides is 2. The molecule has 3 aromatic rings. The quantitative estimate of drug-likeness (QED) is 0.489. The second-order valence-corrected chi connectivity index (χ2v) is 10.3. The van der Waals surface area contributed by atoms with Crippen molar-refractivity contribution in [2.75, 3.05) is 45.1 Å². The molecule has 0 aromatic heterocycles. The first-order valence-corrected chi connectivity index (χ1v) is 13.1. The molecule has 0 spiro atoms. The number of fused-ring (bicyclic) bond motifs is 1. The molecule has 1 atom stereocenters. The lowest BCUT2D eigenvalue weighted by atomic mass is 9.98. The van der Waals surface area contributed by atoms with Crippen molar-refractivity contribution in [2.24, 2.45) is 0 Å². The van der Waals surface area contributed by atoms with E-state index in [2.05, 4.69) is 27.5 Å². The zero-order valence-corrected chi connectivity index (χ0v) is 21.7. The summed E-state index contributed by atoms with van der Waals surface area (Å²) in [5, 5.41) is 6.09. The zero-order chi connectivity index (χ0) is 27.6. The lowest BCUT2D eigenvalue weighted by molar-refractivity contribution is -0.137. The number of benzene rings is 3. The number of anilines is 1. The average Bonchev–Trinajstić information content (AvgIpc) is 3.31. The van der Waals surface area contributed by atoms with Gasteiger partial charge in [0.1, 0.15) is 0 Å². The smallest absolute Gasteiger partial charge is 0.352 e. The van der Waals surface area contributed by atoms with Crippen LogP contribution in [0.5, 0.6) is 0 Å². The molecule has 1 fully saturated rings. The fourth-order valence-electron chi connectivity index (χ4n) is 5.25. The van der Waals surface area contributed by atoms with Gasteiger partial charge in [-0.05, 0) is 72.5 Å². The molecule has 39 heavy (non-hydrogen) atoms. The second kappa shape index (κ2) is 11.2. The van der Waals surface area contributed by atoms with Gasteiger partial charge in [-0.15, -0.1) is 0 Å². The van der Waals surface area contributed by atoms with Crippen molar-refractivity contribution < 1.29 is 22.8 Å². The Kier molecular flexibility index (Phi) is 7.72. The summed E-state index contributed by atoms with van der Waals surface area (Å²) in [4.78, 5) is 30.2. The summed E-state index contributed by atoms with van der Waals surface area (Å²) in [6.45, 7) is 4.11. The summed E-state index contributed by atoms with van der Waals surface area (Å²) in [6.07, 6.45) is -2.99. The van der Waals surface area contributed by atoms with Crippen molar-refractivity contribution in [3.05, 3.63) is 89.0 Å². The van der Waals surface area contributed by atoms with E-state index in [1.54, 1.807) is 24.3 Å². The molecule has 1 unspecified atom stereocenters. The van der Waals surface area contributed by atoms with E-state index < -0.39 is 11.7 Å². The van der Waals surface area contributed by atoms with Crippen LogP contribution >= 0.6 is 0 Å². The number of halogens is 3. The molecule has 9 heteroatoms. The lowest BCUT2D eigenvalue weighted by Crippen LogP contribution is -2.49. The van der Waals surface area contributed by atoms with E-state index in [0.29, 0.717) is 35.3 Å². The SMILES string of the molecule is CN1CCN(CC(=O)NC2Cc3ccc(NC(=O)c4ccccc4-c4ccc(C(F)(F)F)cc4)cc3C2)CC1. The first kappa shape index (κ1) is 26.9. The Hall–Kier alpha value is -3.69. The predicted octanol–water partition coefficient (Wildman–Crippen LogP) is 4.46. The molecule has 0 bridgehead atoms. The summed E-state index contributed by atoms with van der Waals surface area (Å²) in [7, 11) is 2.09. The molecule has 0 saturated carbocycles. The van der Waals surface area contributed by atoms with Crippen molar-refractivity contribution in [1.82, 2.24) is 15.1 Å². The molecule has 1 saturated heterocycles. The van der Waals surface area contributed by atoms with Gasteiger partial charge in [0, 0.05) is 43.5 Å². The van der Waals surface area contributed by atoms with Crippen molar-refractivity contribution in [2.45, 2.75) is 25.1 Å². The molecule has 1 heterocycles. The van der Waals surface area contributed by atoms with Gasteiger partial charge in [0.2, 0.25) is 5.91 Å². The monoisotopic (exact) mass is 536 g/mol. The molecule has 2 amide bonds. The van der Waals surface area contributed by atoms with E-state index in [1.165, 1.54) is 12.1 Å². The number of piperazine rings is 1. The lowest BCUT2D eigenvalue weighted by Gasteiger charge is -2.32. The van der Waals surface area contributed by atoms with Gasteiger partial charge in [0.05, 0.1) is 12.1 Å². The van der Waals surface area contributed by atoms with Gasteiger partial charge in [0.25, 0.3) is 5.91 Å². The van der Waals surface area contributed by atoms with E-state index in [0.717, 1.165) is 55.9 Å². The maximum absolute atomic E-state index is 13.2. The molecule has 5 rings (SSSR count). The van der Waals surface area contributed by atoms with Crippen LogP contribution < -0.4 is 10.6 Å². The molecule has 6 nitrogen and oxygen atoms in total. The highest BCUT2D eigenvalue weighted by molar-refractivity contribution is 6.08. The Morgan fingerprint density at radius 3 is 2.31 bits per heavy atom. The third-order valence-corrected chi connectivity index (χ3v) is 7.42. The molecule has 0 radical (unpaired) electrons. The van der Waals surface area contributed by atoms with Crippen LogP contribution in [0.4, 0.5) is 18.9 Å². The molecule has 1 aliphatic carbocycles. The van der Waals surface area contributed by atoms with E-state index in [4.69, 9.17) is 0 Å². The topological polar surface area (TPSA) is 64.7 Å². The number of alkyl halides is 3. The number of hydrogen-bond acceptors (Lipinski definition) is 4. The number of carbonyl (C=O) groups excluding carboxylic acids is 2. The molecule has 3 aromatic carbocycles. The van der Waals surface area contributed by atoms with Crippen molar-refractivity contribution in [3.8, 4) is 11.1 Å². The molecule has 2 aliphatic rings. The van der Waals surface area contributed by atoms with Crippen molar-refractivity contribution in [3.63, 3.8) is 0 Å².